The van der Waals surface area contributed by atoms with Crippen LogP contribution in [0.2, 0.25) is 0 Å². The summed E-state index contributed by atoms with van der Waals surface area (Å²) in [5.74, 6) is -9.16. The predicted molar refractivity (Wildman–Crippen MR) is 247 cm³/mol. The fourth-order valence-electron chi connectivity index (χ4n) is 9.29. The van der Waals surface area contributed by atoms with Crippen LogP contribution in [0.25, 0.3) is 10.8 Å². The third-order valence-electron chi connectivity index (χ3n) is 13.6. The molecule has 0 radical (unpaired) electrons. The summed E-state index contributed by atoms with van der Waals surface area (Å²) in [5, 5.41) is 87.4. The van der Waals surface area contributed by atoms with Crippen LogP contribution in [0, 0.1) is 30.6 Å². The van der Waals surface area contributed by atoms with Crippen LogP contribution in [0.1, 0.15) is 70.0 Å². The number of esters is 1. The van der Waals surface area contributed by atoms with E-state index in [2.05, 4.69) is 15.3 Å². The summed E-state index contributed by atoms with van der Waals surface area (Å²) in [7, 11) is 3.38. The lowest BCUT2D eigenvalue weighted by Gasteiger charge is -2.41. The lowest BCUT2D eigenvalue weighted by Crippen LogP contribution is -2.50. The number of amides is 1. The van der Waals surface area contributed by atoms with Crippen LogP contribution < -0.4 is 10.1 Å². The Balaban J connectivity index is 1.50. The van der Waals surface area contributed by atoms with Gasteiger partial charge in [0.05, 0.1) is 59.6 Å². The number of aliphatic hydroxyl groups excluding tert-OH is 4. The minimum absolute atomic E-state index is 0.0237. The van der Waals surface area contributed by atoms with Crippen LogP contribution in [0.15, 0.2) is 41.2 Å². The maximum atomic E-state index is 14.6. The number of hydrogen-bond acceptors (Lipinski definition) is 19. The Morgan fingerprint density at radius 3 is 2.22 bits per heavy atom. The Morgan fingerprint density at radius 1 is 0.926 bits per heavy atom. The number of carbonyl (C=O) groups is 3. The number of allylic oxidation sites excluding steroid dienone is 2. The molecule has 20 heteroatoms. The topological polar surface area (TPSA) is 279 Å². The van der Waals surface area contributed by atoms with Crippen LogP contribution >= 0.6 is 0 Å². The number of Topliss-reactive ketones (excluding diaryl/α,β-unsaturated/α-hetero) is 1. The van der Waals surface area contributed by atoms with Gasteiger partial charge in [-0.3, -0.25) is 19.4 Å². The molecule has 5 aliphatic heterocycles. The first kappa shape index (κ1) is 52.1. The molecule has 2 saturated heterocycles. The number of nitrogens with zero attached hydrogens (tertiary/aromatic N) is 3. The number of anilines is 1. The number of phenols is 3. The Hall–Kier alpha value is -5.32. The molecule has 5 heterocycles. The van der Waals surface area contributed by atoms with Gasteiger partial charge >= 0.3 is 11.8 Å². The molecule has 20 nitrogen and oxygen atoms in total. The average molecular weight is 955 g/mol. The van der Waals surface area contributed by atoms with E-state index in [9.17, 15) is 50.1 Å². The molecule has 0 saturated carbocycles. The SMILES string of the molecule is CO[C@H]1/C=C/O[C@@]2(C)Oc3c(C)c(O)c4c(O)c(c(/C=N/N5CCN(C)CC5)c(O)c4c3C2=O)NC(=O)/C(C)=C\C=C\[C@H](C)[C@H](O)[C@@H](C)[C@@H](O[C@H]2O[C@H](CO)[C@@H](O)[C@H]2O)[C@@H](C)[C@H](OC(C)=O)[C@@H]1C. The minimum atomic E-state index is -2.11. The van der Waals surface area contributed by atoms with Gasteiger partial charge in [0, 0.05) is 87.3 Å². The zero-order chi connectivity index (χ0) is 50.1. The van der Waals surface area contributed by atoms with Crippen molar-refractivity contribution in [1.82, 2.24) is 9.91 Å². The van der Waals surface area contributed by atoms with E-state index in [-0.39, 0.29) is 44.5 Å². The van der Waals surface area contributed by atoms with Gasteiger partial charge in [-0.2, -0.15) is 5.10 Å². The molecule has 2 aromatic rings. The van der Waals surface area contributed by atoms with E-state index in [0.717, 1.165) is 0 Å². The molecule has 5 aliphatic rings. The van der Waals surface area contributed by atoms with E-state index >= 15 is 0 Å². The first-order chi connectivity index (χ1) is 32.1. The number of phenolic OH excluding ortho intramolecular Hbond substituents is 3. The Labute approximate surface area is 395 Å². The summed E-state index contributed by atoms with van der Waals surface area (Å²) in [4.78, 5) is 43.4. The minimum Gasteiger partial charge on any atom is -0.507 e. The van der Waals surface area contributed by atoms with Crippen molar-refractivity contribution < 1.29 is 78.6 Å². The van der Waals surface area contributed by atoms with Crippen LogP contribution in [0.3, 0.4) is 0 Å². The van der Waals surface area contributed by atoms with Gasteiger partial charge in [-0.05, 0) is 27.0 Å². The Kier molecular flexibility index (Phi) is 16.2. The number of piperazine rings is 1. The molecule has 68 heavy (non-hydrogen) atoms. The van der Waals surface area contributed by atoms with Crippen molar-refractivity contribution >= 4 is 40.3 Å². The van der Waals surface area contributed by atoms with E-state index in [4.69, 9.17) is 28.4 Å². The number of ether oxygens (including phenoxy) is 6. The summed E-state index contributed by atoms with van der Waals surface area (Å²) < 4.78 is 36.1. The van der Waals surface area contributed by atoms with E-state index in [1.165, 1.54) is 59.4 Å². The van der Waals surface area contributed by atoms with E-state index in [1.807, 2.05) is 7.05 Å². The van der Waals surface area contributed by atoms with Crippen molar-refractivity contribution in [3.05, 3.63) is 52.8 Å². The first-order valence-corrected chi connectivity index (χ1v) is 22.7. The number of aliphatic hydroxyl groups is 4. The van der Waals surface area contributed by atoms with Crippen LogP contribution in [-0.4, -0.2) is 171 Å². The number of likely N-dealkylation sites (N-methyl/N-ethyl adjacent to an activating group) is 1. The number of benzene rings is 2. The van der Waals surface area contributed by atoms with Gasteiger partial charge in [0.25, 0.3) is 11.7 Å². The second-order valence-corrected chi connectivity index (χ2v) is 18.4. The first-order valence-electron chi connectivity index (χ1n) is 22.7. The molecule has 7 rings (SSSR count). The standard InChI is InChI=1S/C48H66N4O16/c1-22-12-11-13-23(2)46(62)50-35-29(20-49-52-17-15-51(9)16-18-52)38(57)32-33(40(35)59)37(56)26(5)44-34(32)45(61)48(8,68-44)64-19-14-30(63-10)24(3)42(65-28(7)54)27(6)43(25(4)36(22)55)67-47-41(60)39(58)31(21-53)66-47/h11-14,19-20,22,24-25,27,30-31,36,39,41-43,47,53,55-60H,15-18,21H2,1-10H3,(H,50,62)/b12-11+,19-14+,23-13-,49-20+/t22-,24+,25+,27-,30-,31+,36-,39+,41+,42+,43+,47+,48-/m0/s1. The third-order valence-corrected chi connectivity index (χ3v) is 13.6. The number of hydrogen-bond donors (Lipinski definition) is 8. The van der Waals surface area contributed by atoms with Gasteiger partial charge in [0.2, 0.25) is 0 Å². The summed E-state index contributed by atoms with van der Waals surface area (Å²) >= 11 is 0. The largest absolute Gasteiger partial charge is 0.507 e. The fourth-order valence-corrected chi connectivity index (χ4v) is 9.29. The maximum Gasteiger partial charge on any atom is 0.312 e. The quantitative estimate of drug-likeness (QED) is 0.0858. The number of fused-ring (bicyclic) bond motifs is 14. The molecule has 0 aliphatic carbocycles. The molecular formula is C48H66N4O16. The highest BCUT2D eigenvalue weighted by Crippen LogP contribution is 2.55. The van der Waals surface area contributed by atoms with Gasteiger partial charge in [0.1, 0.15) is 41.7 Å². The molecule has 0 unspecified atom stereocenters. The zero-order valence-electron chi connectivity index (χ0n) is 40.1. The molecular weight excluding hydrogens is 889 g/mol. The molecule has 0 aromatic heterocycles. The molecule has 374 valence electrons. The van der Waals surface area contributed by atoms with Crippen molar-refractivity contribution in [3.8, 4) is 23.0 Å². The van der Waals surface area contributed by atoms with Gasteiger partial charge in [0.15, 0.2) is 12.0 Å². The molecule has 8 N–H and O–H groups in total. The van der Waals surface area contributed by atoms with Crippen molar-refractivity contribution in [2.75, 3.05) is 52.3 Å². The number of ketones is 1. The molecule has 0 spiro atoms. The highest BCUT2D eigenvalue weighted by atomic mass is 16.7. The number of methoxy groups -OCH3 is 1. The number of aromatic hydroxyl groups is 3. The van der Waals surface area contributed by atoms with Gasteiger partial charge < -0.3 is 74.4 Å². The van der Waals surface area contributed by atoms with Gasteiger partial charge in [-0.25, -0.2) is 0 Å². The van der Waals surface area contributed by atoms with Gasteiger partial charge in [-0.15, -0.1) is 0 Å². The molecule has 5 bridgehead atoms. The second kappa shape index (κ2) is 21.1. The maximum absolute atomic E-state index is 14.6. The van der Waals surface area contributed by atoms with Crippen LogP contribution in [0.5, 0.6) is 23.0 Å². The summed E-state index contributed by atoms with van der Waals surface area (Å²) in [6.45, 7) is 14.2. The van der Waals surface area contributed by atoms with E-state index in [0.29, 0.717) is 26.2 Å². The second-order valence-electron chi connectivity index (χ2n) is 18.4. The average Bonchev–Trinajstić information content (AvgIpc) is 3.73. The Morgan fingerprint density at radius 2 is 1.60 bits per heavy atom. The molecule has 13 atom stereocenters. The third kappa shape index (κ3) is 10.2. The number of hydrazone groups is 1. The van der Waals surface area contributed by atoms with E-state index < -0.39 is 120 Å². The smallest absolute Gasteiger partial charge is 0.312 e. The lowest BCUT2D eigenvalue weighted by molar-refractivity contribution is -0.231. The van der Waals surface area contributed by atoms with Crippen LogP contribution in [0.4, 0.5) is 5.69 Å². The van der Waals surface area contributed by atoms with Crippen molar-refractivity contribution in [2.45, 2.75) is 110 Å². The normalized spacial score (nSPS) is 35.0. The highest BCUT2D eigenvalue weighted by Gasteiger charge is 2.51. The summed E-state index contributed by atoms with van der Waals surface area (Å²) in [5.41, 5.74) is -0.537. The van der Waals surface area contributed by atoms with E-state index in [1.54, 1.807) is 44.9 Å². The van der Waals surface area contributed by atoms with Crippen LogP contribution in [-0.2, 0) is 33.3 Å². The number of carbonyl (C=O) groups excluding carboxylic acids is 3. The van der Waals surface area contributed by atoms with Gasteiger partial charge in [-0.1, -0.05) is 45.9 Å². The molecule has 2 fully saturated rings. The monoisotopic (exact) mass is 954 g/mol. The summed E-state index contributed by atoms with van der Waals surface area (Å²) in [6, 6.07) is 0. The molecule has 2 aromatic carbocycles. The Bertz CT molecular complexity index is 2340. The zero-order valence-corrected chi connectivity index (χ0v) is 40.1. The lowest BCUT2D eigenvalue weighted by atomic mass is 9.78. The molecule has 1 amide bonds. The van der Waals surface area contributed by atoms with Crippen molar-refractivity contribution in [2.24, 2.45) is 28.8 Å². The number of nitrogens with one attached hydrogen (secondary N) is 1. The fraction of sp³-hybridized carbons (Fsp3) is 0.583. The number of rotatable bonds is 7. The van der Waals surface area contributed by atoms with Crippen molar-refractivity contribution in [1.29, 1.82) is 0 Å². The highest BCUT2D eigenvalue weighted by molar-refractivity contribution is 6.23. The van der Waals surface area contributed by atoms with Crippen molar-refractivity contribution in [3.63, 3.8) is 0 Å². The summed E-state index contributed by atoms with van der Waals surface area (Å²) in [6.07, 6.45) is -1.31. The predicted octanol–water partition coefficient (Wildman–Crippen LogP) is 2.80.